The average Bonchev–Trinajstić information content (AvgIpc) is 3.03. The molecule has 0 saturated heterocycles. The molecule has 2 heterocycles. The Morgan fingerprint density at radius 2 is 1.77 bits per heavy atom. The fraction of sp³-hybridized carbons (Fsp3) is 0.158. The molecule has 132 valence electrons. The van der Waals surface area contributed by atoms with Crippen molar-refractivity contribution in [1.29, 1.82) is 0 Å². The Balaban J connectivity index is 1.62. The number of hydrogen-bond donors (Lipinski definition) is 2. The summed E-state index contributed by atoms with van der Waals surface area (Å²) < 4.78 is 5.70. The number of hydrogen-bond acceptors (Lipinski definition) is 5. The summed E-state index contributed by atoms with van der Waals surface area (Å²) in [4.78, 5) is 31.7. The Kier molecular flexibility index (Phi) is 5.07. The number of aromatic nitrogens is 2. The van der Waals surface area contributed by atoms with Gasteiger partial charge in [0.05, 0.1) is 5.69 Å². The number of aryl methyl sites for hydroxylation is 1. The van der Waals surface area contributed by atoms with Crippen LogP contribution in [0.1, 0.15) is 32.4 Å². The minimum atomic E-state index is -0.675. The van der Waals surface area contributed by atoms with E-state index in [1.54, 1.807) is 6.07 Å². The van der Waals surface area contributed by atoms with E-state index in [1.165, 1.54) is 12.1 Å². The Morgan fingerprint density at radius 1 is 1.04 bits per heavy atom. The fourth-order valence-electron chi connectivity index (χ4n) is 2.45. The molecule has 3 N–H and O–H groups in total. The maximum atomic E-state index is 12.2. The molecule has 0 spiro atoms. The highest BCUT2D eigenvalue weighted by molar-refractivity contribution is 5.95. The molecule has 0 fully saturated rings. The van der Waals surface area contributed by atoms with Gasteiger partial charge in [-0.15, -0.1) is 0 Å². The zero-order valence-corrected chi connectivity index (χ0v) is 14.2. The van der Waals surface area contributed by atoms with Gasteiger partial charge in [-0.3, -0.25) is 9.59 Å². The van der Waals surface area contributed by atoms with Crippen molar-refractivity contribution in [3.8, 4) is 11.5 Å². The topological polar surface area (TPSA) is 111 Å². The minimum absolute atomic E-state index is 0.0532. The Hall–Kier alpha value is -3.48. The number of carbonyl (C=O) groups is 2. The van der Waals surface area contributed by atoms with Gasteiger partial charge in [-0.25, -0.2) is 9.97 Å². The van der Waals surface area contributed by atoms with Crippen molar-refractivity contribution in [2.45, 2.75) is 13.3 Å². The Labute approximate surface area is 150 Å². The van der Waals surface area contributed by atoms with Crippen LogP contribution >= 0.6 is 0 Å². The minimum Gasteiger partial charge on any atom is -0.441 e. The van der Waals surface area contributed by atoms with Gasteiger partial charge in [0.25, 0.3) is 11.8 Å². The molecular weight excluding hydrogens is 332 g/mol. The van der Waals surface area contributed by atoms with Crippen LogP contribution < -0.4 is 11.1 Å². The molecule has 7 nitrogen and oxygen atoms in total. The first-order chi connectivity index (χ1) is 12.5. The largest absolute Gasteiger partial charge is 0.441 e. The van der Waals surface area contributed by atoms with Crippen LogP contribution in [-0.4, -0.2) is 28.3 Å². The van der Waals surface area contributed by atoms with Crippen molar-refractivity contribution in [2.75, 3.05) is 6.54 Å². The second-order valence-corrected chi connectivity index (χ2v) is 5.67. The lowest BCUT2D eigenvalue weighted by Crippen LogP contribution is -2.27. The number of carbonyl (C=O) groups excluding carboxylic acids is 2. The van der Waals surface area contributed by atoms with Crippen LogP contribution in [0.15, 0.2) is 52.9 Å². The molecule has 2 amide bonds. The summed E-state index contributed by atoms with van der Waals surface area (Å²) in [5.41, 5.74) is 7.05. The zero-order valence-electron chi connectivity index (χ0n) is 14.2. The summed E-state index contributed by atoms with van der Waals surface area (Å²) in [5.74, 6) is 0.219. The molecule has 1 aromatic carbocycles. The summed E-state index contributed by atoms with van der Waals surface area (Å²) in [5, 5.41) is 2.75. The molecule has 0 aliphatic heterocycles. The number of oxazole rings is 1. The van der Waals surface area contributed by atoms with Crippen molar-refractivity contribution >= 4 is 11.8 Å². The summed E-state index contributed by atoms with van der Waals surface area (Å²) in [6.07, 6.45) is 0.517. The maximum Gasteiger partial charge on any atom is 0.269 e. The van der Waals surface area contributed by atoms with Crippen molar-refractivity contribution in [3.63, 3.8) is 0 Å². The standard InChI is InChI=1S/C19H18N4O3/c1-12-14(23-19(26-12)13-6-3-2-4-7-13)10-11-21-18(25)16-9-5-8-15(22-16)17(20)24/h2-9H,10-11H2,1H3,(H2,20,24)(H,21,25). The number of rotatable bonds is 6. The second-order valence-electron chi connectivity index (χ2n) is 5.67. The maximum absolute atomic E-state index is 12.2. The van der Waals surface area contributed by atoms with Gasteiger partial charge < -0.3 is 15.5 Å². The lowest BCUT2D eigenvalue weighted by atomic mass is 10.2. The normalized spacial score (nSPS) is 10.5. The number of nitrogens with two attached hydrogens (primary N) is 1. The number of benzene rings is 1. The third-order valence-electron chi connectivity index (χ3n) is 3.79. The molecule has 0 radical (unpaired) electrons. The summed E-state index contributed by atoms with van der Waals surface area (Å²) in [6, 6.07) is 14.2. The number of pyridine rings is 1. The van der Waals surface area contributed by atoms with E-state index in [2.05, 4.69) is 15.3 Å². The van der Waals surface area contributed by atoms with Crippen LogP contribution in [0.2, 0.25) is 0 Å². The van der Waals surface area contributed by atoms with E-state index in [1.807, 2.05) is 37.3 Å². The van der Waals surface area contributed by atoms with Gasteiger partial charge in [0.15, 0.2) is 0 Å². The molecule has 0 atom stereocenters. The van der Waals surface area contributed by atoms with E-state index in [4.69, 9.17) is 10.2 Å². The molecule has 0 unspecified atom stereocenters. The first kappa shape index (κ1) is 17.3. The summed E-state index contributed by atoms with van der Waals surface area (Å²) >= 11 is 0. The number of primary amides is 1. The van der Waals surface area contributed by atoms with Crippen LogP contribution in [0.25, 0.3) is 11.5 Å². The summed E-state index contributed by atoms with van der Waals surface area (Å²) in [7, 11) is 0. The molecular formula is C19H18N4O3. The molecule has 0 saturated carbocycles. The van der Waals surface area contributed by atoms with Crippen LogP contribution in [0.3, 0.4) is 0 Å². The van der Waals surface area contributed by atoms with Crippen LogP contribution in [-0.2, 0) is 6.42 Å². The molecule has 0 bridgehead atoms. The first-order valence-electron chi connectivity index (χ1n) is 8.11. The van der Waals surface area contributed by atoms with Crippen LogP contribution in [0, 0.1) is 6.92 Å². The first-order valence-corrected chi connectivity index (χ1v) is 8.11. The molecule has 0 aliphatic carbocycles. The highest BCUT2D eigenvalue weighted by Crippen LogP contribution is 2.21. The lowest BCUT2D eigenvalue weighted by Gasteiger charge is -2.04. The van der Waals surface area contributed by atoms with Gasteiger partial charge in [0.2, 0.25) is 5.89 Å². The molecule has 26 heavy (non-hydrogen) atoms. The summed E-state index contributed by atoms with van der Waals surface area (Å²) in [6.45, 7) is 2.21. The number of amides is 2. The van der Waals surface area contributed by atoms with Crippen LogP contribution in [0.4, 0.5) is 0 Å². The van der Waals surface area contributed by atoms with Crippen molar-refractivity contribution in [3.05, 3.63) is 71.4 Å². The lowest BCUT2D eigenvalue weighted by molar-refractivity contribution is 0.0948. The van der Waals surface area contributed by atoms with Gasteiger partial charge in [0.1, 0.15) is 17.1 Å². The number of nitrogens with zero attached hydrogens (tertiary/aromatic N) is 2. The van der Waals surface area contributed by atoms with Crippen LogP contribution in [0.5, 0.6) is 0 Å². The molecule has 7 heteroatoms. The highest BCUT2D eigenvalue weighted by Gasteiger charge is 2.13. The van der Waals surface area contributed by atoms with Crippen molar-refractivity contribution in [2.24, 2.45) is 5.73 Å². The van der Waals surface area contributed by atoms with E-state index in [-0.39, 0.29) is 17.3 Å². The van der Waals surface area contributed by atoms with Crippen molar-refractivity contribution in [1.82, 2.24) is 15.3 Å². The molecule has 0 aliphatic rings. The fourth-order valence-corrected chi connectivity index (χ4v) is 2.45. The molecule has 3 aromatic rings. The monoisotopic (exact) mass is 350 g/mol. The van der Waals surface area contributed by atoms with E-state index < -0.39 is 5.91 Å². The predicted octanol–water partition coefficient (Wildman–Crippen LogP) is 2.12. The quantitative estimate of drug-likeness (QED) is 0.707. The van der Waals surface area contributed by atoms with Gasteiger partial charge in [-0.05, 0) is 31.2 Å². The third kappa shape index (κ3) is 3.94. The van der Waals surface area contributed by atoms with E-state index in [9.17, 15) is 9.59 Å². The highest BCUT2D eigenvalue weighted by atomic mass is 16.4. The van der Waals surface area contributed by atoms with Gasteiger partial charge in [0, 0.05) is 18.5 Å². The van der Waals surface area contributed by atoms with Gasteiger partial charge in [-0.2, -0.15) is 0 Å². The smallest absolute Gasteiger partial charge is 0.269 e. The predicted molar refractivity (Wildman–Crippen MR) is 95.5 cm³/mol. The van der Waals surface area contributed by atoms with Gasteiger partial charge in [-0.1, -0.05) is 24.3 Å². The molecule has 3 rings (SSSR count). The SMILES string of the molecule is Cc1oc(-c2ccccc2)nc1CCNC(=O)c1cccc(C(N)=O)n1. The van der Waals surface area contributed by atoms with E-state index in [0.29, 0.717) is 24.6 Å². The van der Waals surface area contributed by atoms with Crippen molar-refractivity contribution < 1.29 is 14.0 Å². The zero-order chi connectivity index (χ0) is 18.5. The van der Waals surface area contributed by atoms with E-state index >= 15 is 0 Å². The second kappa shape index (κ2) is 7.60. The average molecular weight is 350 g/mol. The van der Waals surface area contributed by atoms with E-state index in [0.717, 1.165) is 11.3 Å². The molecule has 2 aromatic heterocycles. The Morgan fingerprint density at radius 3 is 2.50 bits per heavy atom. The Bertz CT molecular complexity index is 935. The van der Waals surface area contributed by atoms with Gasteiger partial charge >= 0.3 is 0 Å². The third-order valence-corrected chi connectivity index (χ3v) is 3.79. The number of nitrogens with one attached hydrogen (secondary N) is 1.